The van der Waals surface area contributed by atoms with Crippen molar-refractivity contribution in [3.8, 4) is 0 Å². The summed E-state index contributed by atoms with van der Waals surface area (Å²) in [5, 5.41) is 2.37. The van der Waals surface area contributed by atoms with E-state index in [1.54, 1.807) is 13.8 Å². The molecule has 0 unspecified atom stereocenters. The molecule has 1 amide bonds. The fourth-order valence-corrected chi connectivity index (χ4v) is 4.60. The highest BCUT2D eigenvalue weighted by atomic mass is 32.2. The maximum absolute atomic E-state index is 15.0. The van der Waals surface area contributed by atoms with Gasteiger partial charge < -0.3 is 11.1 Å². The number of benzene rings is 3. The van der Waals surface area contributed by atoms with Crippen LogP contribution in [0.5, 0.6) is 0 Å². The molecule has 0 fully saturated rings. The first-order valence-corrected chi connectivity index (χ1v) is 12.2. The molecule has 4 N–H and O–H groups in total. The van der Waals surface area contributed by atoms with Crippen LogP contribution in [0, 0.1) is 30.2 Å². The Morgan fingerprint density at radius 3 is 2.29 bits per heavy atom. The van der Waals surface area contributed by atoms with Crippen molar-refractivity contribution in [2.45, 2.75) is 26.7 Å². The average Bonchev–Trinajstić information content (AvgIpc) is 2.77. The molecule has 0 spiro atoms. The minimum absolute atomic E-state index is 0.152. The van der Waals surface area contributed by atoms with E-state index in [0.29, 0.717) is 12.0 Å². The molecule has 0 heterocycles. The normalized spacial score (nSPS) is 11.4. The molecule has 186 valence electrons. The summed E-state index contributed by atoms with van der Waals surface area (Å²) in [5.74, 6) is -5.99. The van der Waals surface area contributed by atoms with Gasteiger partial charge in [-0.3, -0.25) is 9.52 Å². The number of nitrogens with one attached hydrogen (secondary N) is 2. The second-order valence-electron chi connectivity index (χ2n) is 7.94. The highest BCUT2D eigenvalue weighted by Crippen LogP contribution is 2.32. The zero-order valence-electron chi connectivity index (χ0n) is 18.9. The van der Waals surface area contributed by atoms with Gasteiger partial charge in [0.25, 0.3) is 5.91 Å². The second-order valence-corrected chi connectivity index (χ2v) is 9.78. The number of nitrogens with two attached hydrogens (primary N) is 1. The monoisotopic (exact) mass is 509 g/mol. The first-order valence-electron chi connectivity index (χ1n) is 10.5. The van der Waals surface area contributed by atoms with Crippen molar-refractivity contribution in [3.05, 3.63) is 88.0 Å². The molecule has 0 aliphatic heterocycles. The van der Waals surface area contributed by atoms with E-state index in [1.807, 2.05) is 0 Å². The lowest BCUT2D eigenvalue weighted by Crippen LogP contribution is -2.18. The van der Waals surface area contributed by atoms with Crippen molar-refractivity contribution in [3.63, 3.8) is 0 Å². The van der Waals surface area contributed by atoms with E-state index in [0.717, 1.165) is 6.07 Å². The smallest absolute Gasteiger partial charge is 0.250 e. The van der Waals surface area contributed by atoms with Crippen LogP contribution in [0.2, 0.25) is 0 Å². The van der Waals surface area contributed by atoms with E-state index >= 15 is 4.39 Å². The lowest BCUT2D eigenvalue weighted by molar-refractivity contribution is 0.100. The molecule has 0 saturated heterocycles. The molecule has 0 aliphatic carbocycles. The highest BCUT2D eigenvalue weighted by Gasteiger charge is 2.24. The van der Waals surface area contributed by atoms with Crippen molar-refractivity contribution < 1.29 is 30.8 Å². The van der Waals surface area contributed by atoms with Gasteiger partial charge in [-0.2, -0.15) is 0 Å². The summed E-state index contributed by atoms with van der Waals surface area (Å²) in [6, 6.07) is 8.75. The Balaban J connectivity index is 2.02. The van der Waals surface area contributed by atoms with E-state index in [1.165, 1.54) is 36.4 Å². The van der Waals surface area contributed by atoms with Crippen LogP contribution >= 0.6 is 0 Å². The van der Waals surface area contributed by atoms with E-state index in [4.69, 9.17) is 5.73 Å². The molecule has 0 atom stereocenters. The third-order valence-electron chi connectivity index (χ3n) is 5.13. The van der Waals surface area contributed by atoms with Crippen LogP contribution in [0.3, 0.4) is 0 Å². The quantitative estimate of drug-likeness (QED) is 0.348. The Hall–Kier alpha value is -3.60. The number of carbonyl (C=O) groups is 1. The first-order chi connectivity index (χ1) is 16.4. The number of primary amides is 1. The molecule has 0 aromatic heterocycles. The van der Waals surface area contributed by atoms with Crippen LogP contribution in [0.15, 0.2) is 42.5 Å². The Kier molecular flexibility index (Phi) is 7.69. The summed E-state index contributed by atoms with van der Waals surface area (Å²) < 4.78 is 85.3. The van der Waals surface area contributed by atoms with E-state index in [2.05, 4.69) is 10.0 Å². The standard InChI is InChI=1S/C24H23F4N3O3S/c1-3-9-35(33,34)31-19-6-4-5-14(20(19)26)11-15-12-16(24(29)32)23(22(28)21(15)27)30-18-8-7-13(2)10-17(18)25/h4-8,10,12,30-31H,3,9,11H2,1-2H3,(H2,29,32). The van der Waals surface area contributed by atoms with Gasteiger partial charge in [0.1, 0.15) is 5.82 Å². The number of sulfonamides is 1. The van der Waals surface area contributed by atoms with Crippen molar-refractivity contribution >= 4 is 33.0 Å². The number of halogens is 4. The van der Waals surface area contributed by atoms with E-state index < -0.39 is 62.4 Å². The van der Waals surface area contributed by atoms with Gasteiger partial charge in [-0.05, 0) is 54.3 Å². The summed E-state index contributed by atoms with van der Waals surface area (Å²) in [6.45, 7) is 3.28. The minimum atomic E-state index is -3.80. The molecule has 0 saturated carbocycles. The Morgan fingerprint density at radius 1 is 0.943 bits per heavy atom. The van der Waals surface area contributed by atoms with Gasteiger partial charge in [0.15, 0.2) is 17.5 Å². The number of amides is 1. The lowest BCUT2D eigenvalue weighted by atomic mass is 9.99. The first kappa shape index (κ1) is 26.0. The summed E-state index contributed by atoms with van der Waals surface area (Å²) in [6.07, 6.45) is -0.207. The van der Waals surface area contributed by atoms with Crippen LogP contribution in [0.4, 0.5) is 34.6 Å². The molecule has 0 aliphatic rings. The number of carbonyl (C=O) groups excluding carboxylic acids is 1. The molecule has 35 heavy (non-hydrogen) atoms. The molecule has 0 radical (unpaired) electrons. The number of anilines is 3. The number of hydrogen-bond acceptors (Lipinski definition) is 4. The molecule has 0 bridgehead atoms. The van der Waals surface area contributed by atoms with Crippen molar-refractivity contribution in [1.29, 1.82) is 0 Å². The van der Waals surface area contributed by atoms with Gasteiger partial charge in [-0.25, -0.2) is 26.0 Å². The minimum Gasteiger partial charge on any atom is -0.366 e. The van der Waals surface area contributed by atoms with Crippen molar-refractivity contribution in [2.24, 2.45) is 5.73 Å². The zero-order valence-corrected chi connectivity index (χ0v) is 19.7. The van der Waals surface area contributed by atoms with Crippen LogP contribution < -0.4 is 15.8 Å². The molecule has 3 rings (SSSR count). The van der Waals surface area contributed by atoms with Crippen molar-refractivity contribution in [1.82, 2.24) is 0 Å². The third-order valence-corrected chi connectivity index (χ3v) is 6.61. The largest absolute Gasteiger partial charge is 0.366 e. The predicted molar refractivity (Wildman–Crippen MR) is 126 cm³/mol. The van der Waals surface area contributed by atoms with Crippen LogP contribution in [-0.2, 0) is 16.4 Å². The van der Waals surface area contributed by atoms with Gasteiger partial charge in [-0.15, -0.1) is 0 Å². The van der Waals surface area contributed by atoms with Gasteiger partial charge >= 0.3 is 0 Å². The average molecular weight is 510 g/mol. The lowest BCUT2D eigenvalue weighted by Gasteiger charge is -2.16. The molecule has 3 aromatic rings. The molecular formula is C24H23F4N3O3S. The summed E-state index contributed by atoms with van der Waals surface area (Å²) in [5.41, 5.74) is 3.69. The zero-order chi connectivity index (χ0) is 25.9. The Bertz CT molecular complexity index is 1400. The van der Waals surface area contributed by atoms with E-state index in [-0.39, 0.29) is 22.7 Å². The summed E-state index contributed by atoms with van der Waals surface area (Å²) >= 11 is 0. The summed E-state index contributed by atoms with van der Waals surface area (Å²) in [4.78, 5) is 12.0. The van der Waals surface area contributed by atoms with Gasteiger partial charge in [0.05, 0.1) is 28.4 Å². The van der Waals surface area contributed by atoms with E-state index in [9.17, 15) is 26.4 Å². The molecular weight excluding hydrogens is 486 g/mol. The van der Waals surface area contributed by atoms with Crippen LogP contribution in [0.1, 0.15) is 40.4 Å². The Labute approximate surface area is 200 Å². The topological polar surface area (TPSA) is 101 Å². The number of rotatable bonds is 9. The molecule has 11 heteroatoms. The van der Waals surface area contributed by atoms with Gasteiger partial charge in [0.2, 0.25) is 10.0 Å². The van der Waals surface area contributed by atoms with Crippen LogP contribution in [0.25, 0.3) is 0 Å². The highest BCUT2D eigenvalue weighted by molar-refractivity contribution is 7.92. The second kappa shape index (κ2) is 10.3. The third kappa shape index (κ3) is 5.91. The fourth-order valence-electron chi connectivity index (χ4n) is 3.47. The number of hydrogen-bond donors (Lipinski definition) is 3. The maximum Gasteiger partial charge on any atom is 0.250 e. The summed E-state index contributed by atoms with van der Waals surface area (Å²) in [7, 11) is -3.80. The number of aryl methyl sites for hydroxylation is 1. The SMILES string of the molecule is CCCS(=O)(=O)Nc1cccc(Cc2cc(C(N)=O)c(Nc3ccc(C)cc3F)c(F)c2F)c1F. The van der Waals surface area contributed by atoms with Crippen molar-refractivity contribution in [2.75, 3.05) is 15.8 Å². The van der Waals surface area contributed by atoms with Gasteiger partial charge in [0, 0.05) is 6.42 Å². The molecule has 3 aromatic carbocycles. The van der Waals surface area contributed by atoms with Crippen LogP contribution in [-0.4, -0.2) is 20.1 Å². The maximum atomic E-state index is 15.0. The fraction of sp³-hybridized carbons (Fsp3) is 0.208. The molecule has 6 nitrogen and oxygen atoms in total. The van der Waals surface area contributed by atoms with Gasteiger partial charge in [-0.1, -0.05) is 25.1 Å². The Morgan fingerprint density at radius 2 is 1.66 bits per heavy atom. The predicted octanol–water partition coefficient (Wildman–Crippen LogP) is 5.14.